The number of aromatic amines is 1. The van der Waals surface area contributed by atoms with Gasteiger partial charge in [0.25, 0.3) is 0 Å². The quantitative estimate of drug-likeness (QED) is 0.713. The number of hydrogen-bond donors (Lipinski definition) is 1. The van der Waals surface area contributed by atoms with Crippen molar-refractivity contribution in [1.82, 2.24) is 9.55 Å². The normalized spacial score (nSPS) is 19.7. The van der Waals surface area contributed by atoms with Crippen molar-refractivity contribution < 1.29 is 0 Å². The van der Waals surface area contributed by atoms with Crippen molar-refractivity contribution in [2.24, 2.45) is 0 Å². The smallest absolute Gasteiger partial charge is 0.313 e. The van der Waals surface area contributed by atoms with E-state index in [1.54, 1.807) is 6.20 Å². The molecule has 66 valence electrons. The minimum atomic E-state index is 0.0342. The first-order chi connectivity index (χ1) is 5.88. The molecule has 1 aliphatic rings. The highest BCUT2D eigenvalue weighted by atomic mass is 32.2. The van der Waals surface area contributed by atoms with Crippen molar-refractivity contribution in [2.45, 2.75) is 18.9 Å². The molecule has 0 radical (unpaired) electrons. The first-order valence-electron chi connectivity index (χ1n) is 4.21. The highest BCUT2D eigenvalue weighted by Crippen LogP contribution is 2.25. The van der Waals surface area contributed by atoms with Crippen molar-refractivity contribution in [2.75, 3.05) is 11.5 Å². The summed E-state index contributed by atoms with van der Waals surface area (Å²) in [6.07, 6.45) is 5.82. The van der Waals surface area contributed by atoms with Crippen LogP contribution in [0.3, 0.4) is 0 Å². The van der Waals surface area contributed by atoms with E-state index in [0.717, 1.165) is 12.8 Å². The Balaban J connectivity index is 2.18. The van der Waals surface area contributed by atoms with E-state index in [2.05, 4.69) is 4.98 Å². The summed E-state index contributed by atoms with van der Waals surface area (Å²) in [5, 5.41) is 0. The minimum absolute atomic E-state index is 0.0342. The van der Waals surface area contributed by atoms with Crippen molar-refractivity contribution in [1.29, 1.82) is 0 Å². The SMILES string of the molecule is O=c1[nH]ccn1C1CCSCC1. The first-order valence-corrected chi connectivity index (χ1v) is 5.36. The maximum absolute atomic E-state index is 11.2. The Morgan fingerprint density at radius 1 is 1.50 bits per heavy atom. The molecule has 4 heteroatoms. The Morgan fingerprint density at radius 2 is 2.25 bits per heavy atom. The van der Waals surface area contributed by atoms with E-state index in [4.69, 9.17) is 0 Å². The monoisotopic (exact) mass is 184 g/mol. The van der Waals surface area contributed by atoms with Gasteiger partial charge in [0, 0.05) is 18.4 Å². The van der Waals surface area contributed by atoms with Crippen molar-refractivity contribution >= 4 is 11.8 Å². The number of H-pyrrole nitrogens is 1. The van der Waals surface area contributed by atoms with Crippen LogP contribution in [0.5, 0.6) is 0 Å². The molecular formula is C8H12N2OS. The van der Waals surface area contributed by atoms with Gasteiger partial charge in [-0.25, -0.2) is 4.79 Å². The Hall–Kier alpha value is -0.640. The molecular weight excluding hydrogens is 172 g/mol. The number of hydrogen-bond acceptors (Lipinski definition) is 2. The lowest BCUT2D eigenvalue weighted by Crippen LogP contribution is -2.24. The van der Waals surface area contributed by atoms with Gasteiger partial charge in [0.2, 0.25) is 0 Å². The highest BCUT2D eigenvalue weighted by Gasteiger charge is 2.16. The fourth-order valence-electron chi connectivity index (χ4n) is 1.58. The summed E-state index contributed by atoms with van der Waals surface area (Å²) in [6, 6.07) is 0.435. The standard InChI is InChI=1S/C8H12N2OS/c11-8-9-3-4-10(8)7-1-5-12-6-2-7/h3-4,7H,1-2,5-6H2,(H,9,11). The van der Waals surface area contributed by atoms with E-state index >= 15 is 0 Å². The van der Waals surface area contributed by atoms with Crippen LogP contribution in [0.1, 0.15) is 18.9 Å². The number of nitrogens with zero attached hydrogens (tertiary/aromatic N) is 1. The average Bonchev–Trinajstić information content (AvgIpc) is 2.53. The Morgan fingerprint density at radius 3 is 2.83 bits per heavy atom. The summed E-state index contributed by atoms with van der Waals surface area (Å²) < 4.78 is 1.82. The van der Waals surface area contributed by atoms with Gasteiger partial charge >= 0.3 is 5.69 Å². The van der Waals surface area contributed by atoms with Gasteiger partial charge in [-0.15, -0.1) is 0 Å². The van der Waals surface area contributed by atoms with Crippen LogP contribution in [0.2, 0.25) is 0 Å². The highest BCUT2D eigenvalue weighted by molar-refractivity contribution is 7.99. The van der Waals surface area contributed by atoms with Crippen molar-refractivity contribution in [3.8, 4) is 0 Å². The first kappa shape index (κ1) is 7.98. The lowest BCUT2D eigenvalue weighted by Gasteiger charge is -2.21. The van der Waals surface area contributed by atoms with Crippen LogP contribution in [0.15, 0.2) is 17.2 Å². The fourth-order valence-corrected chi connectivity index (χ4v) is 2.66. The maximum atomic E-state index is 11.2. The molecule has 12 heavy (non-hydrogen) atoms. The third-order valence-electron chi connectivity index (χ3n) is 2.26. The number of imidazole rings is 1. The molecule has 2 rings (SSSR count). The van der Waals surface area contributed by atoms with Gasteiger partial charge in [0.15, 0.2) is 0 Å². The van der Waals surface area contributed by atoms with E-state index in [1.807, 2.05) is 22.5 Å². The van der Waals surface area contributed by atoms with Crippen LogP contribution in [0.4, 0.5) is 0 Å². The molecule has 0 atom stereocenters. The summed E-state index contributed by atoms with van der Waals surface area (Å²) >= 11 is 1.98. The zero-order valence-electron chi connectivity index (χ0n) is 6.82. The molecule has 1 aromatic heterocycles. The van der Waals surface area contributed by atoms with Gasteiger partial charge in [-0.2, -0.15) is 11.8 Å². The molecule has 0 unspecified atom stereocenters. The van der Waals surface area contributed by atoms with Gasteiger partial charge < -0.3 is 4.98 Å². The molecule has 1 aromatic rings. The van der Waals surface area contributed by atoms with E-state index < -0.39 is 0 Å². The van der Waals surface area contributed by atoms with Gasteiger partial charge in [0.1, 0.15) is 0 Å². The molecule has 3 nitrogen and oxygen atoms in total. The lowest BCUT2D eigenvalue weighted by molar-refractivity contribution is 0.457. The lowest BCUT2D eigenvalue weighted by atomic mass is 10.1. The Bertz CT molecular complexity index is 298. The Kier molecular flexibility index (Phi) is 2.26. The molecule has 1 N–H and O–H groups in total. The van der Waals surface area contributed by atoms with Gasteiger partial charge in [-0.3, -0.25) is 4.57 Å². The number of nitrogens with one attached hydrogen (secondary N) is 1. The second kappa shape index (κ2) is 3.39. The zero-order chi connectivity index (χ0) is 8.39. The summed E-state index contributed by atoms with van der Waals surface area (Å²) in [5.74, 6) is 2.37. The van der Waals surface area contributed by atoms with E-state index in [9.17, 15) is 4.79 Å². The summed E-state index contributed by atoms with van der Waals surface area (Å²) in [4.78, 5) is 13.9. The van der Waals surface area contributed by atoms with Gasteiger partial charge in [0.05, 0.1) is 0 Å². The van der Waals surface area contributed by atoms with Gasteiger partial charge in [-0.05, 0) is 24.3 Å². The number of thioether (sulfide) groups is 1. The van der Waals surface area contributed by atoms with Gasteiger partial charge in [-0.1, -0.05) is 0 Å². The van der Waals surface area contributed by atoms with Crippen LogP contribution in [0.25, 0.3) is 0 Å². The second-order valence-electron chi connectivity index (χ2n) is 3.02. The average molecular weight is 184 g/mol. The molecule has 0 saturated carbocycles. The molecule has 1 saturated heterocycles. The number of aromatic nitrogens is 2. The van der Waals surface area contributed by atoms with Crippen LogP contribution < -0.4 is 5.69 Å². The molecule has 0 aromatic carbocycles. The zero-order valence-corrected chi connectivity index (χ0v) is 7.64. The minimum Gasteiger partial charge on any atom is -0.313 e. The van der Waals surface area contributed by atoms with Crippen molar-refractivity contribution in [3.05, 3.63) is 22.9 Å². The third-order valence-corrected chi connectivity index (χ3v) is 3.31. The molecule has 1 fully saturated rings. The summed E-state index contributed by atoms with van der Waals surface area (Å²) in [7, 11) is 0. The third kappa shape index (κ3) is 1.43. The molecule has 0 aliphatic carbocycles. The Labute approximate surface area is 75.2 Å². The molecule has 2 heterocycles. The fraction of sp³-hybridized carbons (Fsp3) is 0.625. The van der Waals surface area contributed by atoms with Crippen LogP contribution in [-0.2, 0) is 0 Å². The molecule has 0 spiro atoms. The largest absolute Gasteiger partial charge is 0.325 e. The van der Waals surface area contributed by atoms with Crippen LogP contribution in [-0.4, -0.2) is 21.1 Å². The van der Waals surface area contributed by atoms with E-state index in [-0.39, 0.29) is 5.69 Å². The van der Waals surface area contributed by atoms with Crippen molar-refractivity contribution in [3.63, 3.8) is 0 Å². The maximum Gasteiger partial charge on any atom is 0.325 e. The summed E-state index contributed by atoms with van der Waals surface area (Å²) in [6.45, 7) is 0. The summed E-state index contributed by atoms with van der Waals surface area (Å²) in [5.41, 5.74) is 0.0342. The second-order valence-corrected chi connectivity index (χ2v) is 4.24. The molecule has 0 bridgehead atoms. The van der Waals surface area contributed by atoms with E-state index in [1.165, 1.54) is 11.5 Å². The topological polar surface area (TPSA) is 37.8 Å². The number of rotatable bonds is 1. The van der Waals surface area contributed by atoms with Crippen LogP contribution >= 0.6 is 11.8 Å². The van der Waals surface area contributed by atoms with E-state index in [0.29, 0.717) is 6.04 Å². The van der Waals surface area contributed by atoms with Crippen LogP contribution in [0, 0.1) is 0 Å². The predicted octanol–water partition coefficient (Wildman–Crippen LogP) is 1.24. The predicted molar refractivity (Wildman–Crippen MR) is 50.6 cm³/mol. The molecule has 1 aliphatic heterocycles. The molecule has 0 amide bonds.